The second kappa shape index (κ2) is 4.82. The van der Waals surface area contributed by atoms with Crippen LogP contribution in [0.25, 0.3) is 0 Å². The van der Waals surface area contributed by atoms with Gasteiger partial charge < -0.3 is 11.1 Å². The highest BCUT2D eigenvalue weighted by Crippen LogP contribution is 2.28. The number of nitrogens with two attached hydrogens (primary N) is 1. The van der Waals surface area contributed by atoms with E-state index in [1.165, 1.54) is 6.92 Å². The van der Waals surface area contributed by atoms with Crippen LogP contribution in [-0.2, 0) is 0 Å². The molecule has 5 heteroatoms. The van der Waals surface area contributed by atoms with Crippen LogP contribution in [0.5, 0.6) is 0 Å². The second-order valence-corrected chi connectivity index (χ2v) is 4.37. The van der Waals surface area contributed by atoms with E-state index in [1.807, 2.05) is 0 Å². The normalized spacial score (nSPS) is 10.4. The molecule has 0 saturated carbocycles. The van der Waals surface area contributed by atoms with Crippen molar-refractivity contribution in [2.24, 2.45) is 0 Å². The molecule has 2 rings (SSSR count). The standard InChI is InChI=1S/C13H11ClF2N2/c1-7-4-10(16)12(6-9(7)15)18-13-5-8(14)2-3-11(13)17/h2-6,18H,17H2,1H3. The summed E-state index contributed by atoms with van der Waals surface area (Å²) in [4.78, 5) is 0. The number of nitrogen functional groups attached to an aromatic ring is 1. The summed E-state index contributed by atoms with van der Waals surface area (Å²) in [6.45, 7) is 1.50. The van der Waals surface area contributed by atoms with Gasteiger partial charge in [-0.2, -0.15) is 0 Å². The van der Waals surface area contributed by atoms with Gasteiger partial charge in [-0.3, -0.25) is 0 Å². The molecule has 0 bridgehead atoms. The highest BCUT2D eigenvalue weighted by Gasteiger charge is 2.09. The molecule has 0 saturated heterocycles. The SMILES string of the molecule is Cc1cc(F)c(Nc2cc(Cl)ccc2N)cc1F. The minimum absolute atomic E-state index is 0.0204. The van der Waals surface area contributed by atoms with E-state index in [-0.39, 0.29) is 11.3 Å². The van der Waals surface area contributed by atoms with Crippen LogP contribution in [-0.4, -0.2) is 0 Å². The van der Waals surface area contributed by atoms with E-state index in [1.54, 1.807) is 18.2 Å². The number of nitrogens with one attached hydrogen (secondary N) is 1. The van der Waals surface area contributed by atoms with Crippen LogP contribution in [0, 0.1) is 18.6 Å². The summed E-state index contributed by atoms with van der Waals surface area (Å²) in [6, 6.07) is 6.97. The number of benzene rings is 2. The van der Waals surface area contributed by atoms with Crippen LogP contribution >= 0.6 is 11.6 Å². The topological polar surface area (TPSA) is 38.0 Å². The molecule has 2 aromatic carbocycles. The Balaban J connectivity index is 2.40. The number of anilines is 3. The summed E-state index contributed by atoms with van der Waals surface area (Å²) >= 11 is 5.82. The third-order valence-electron chi connectivity index (χ3n) is 2.53. The smallest absolute Gasteiger partial charge is 0.147 e. The molecule has 18 heavy (non-hydrogen) atoms. The van der Waals surface area contributed by atoms with Gasteiger partial charge in [0, 0.05) is 11.1 Å². The van der Waals surface area contributed by atoms with Gasteiger partial charge in [0.25, 0.3) is 0 Å². The Morgan fingerprint density at radius 3 is 2.50 bits per heavy atom. The van der Waals surface area contributed by atoms with Crippen molar-refractivity contribution in [1.29, 1.82) is 0 Å². The van der Waals surface area contributed by atoms with Crippen LogP contribution in [0.15, 0.2) is 30.3 Å². The Morgan fingerprint density at radius 1 is 1.06 bits per heavy atom. The molecule has 0 radical (unpaired) electrons. The third-order valence-corrected chi connectivity index (χ3v) is 2.77. The molecule has 2 nitrogen and oxygen atoms in total. The molecule has 0 unspecified atom stereocenters. The first kappa shape index (κ1) is 12.6. The predicted octanol–water partition coefficient (Wildman–Crippen LogP) is 4.25. The molecule has 0 aromatic heterocycles. The van der Waals surface area contributed by atoms with E-state index in [4.69, 9.17) is 17.3 Å². The summed E-state index contributed by atoms with van der Waals surface area (Å²) in [6.07, 6.45) is 0. The second-order valence-electron chi connectivity index (χ2n) is 3.94. The molecule has 94 valence electrons. The molecular weight excluding hydrogens is 258 g/mol. The van der Waals surface area contributed by atoms with Crippen LogP contribution in [0.2, 0.25) is 5.02 Å². The van der Waals surface area contributed by atoms with Gasteiger partial charge in [-0.05, 0) is 36.8 Å². The quantitative estimate of drug-likeness (QED) is 0.799. The highest BCUT2D eigenvalue weighted by atomic mass is 35.5. The van der Waals surface area contributed by atoms with Gasteiger partial charge in [0.15, 0.2) is 0 Å². The molecule has 0 aliphatic heterocycles. The summed E-state index contributed by atoms with van der Waals surface area (Å²) in [5.41, 5.74) is 6.82. The number of hydrogen-bond acceptors (Lipinski definition) is 2. The van der Waals surface area contributed by atoms with E-state index in [0.717, 1.165) is 12.1 Å². The molecule has 0 amide bonds. The number of rotatable bonds is 2. The summed E-state index contributed by atoms with van der Waals surface area (Å²) in [7, 11) is 0. The lowest BCUT2D eigenvalue weighted by Crippen LogP contribution is -1.99. The largest absolute Gasteiger partial charge is 0.397 e. The maximum atomic E-state index is 13.6. The number of aryl methyl sites for hydroxylation is 1. The van der Waals surface area contributed by atoms with E-state index in [2.05, 4.69) is 5.32 Å². The first-order valence-electron chi connectivity index (χ1n) is 5.25. The molecule has 0 atom stereocenters. The summed E-state index contributed by atoms with van der Waals surface area (Å²) in [5, 5.41) is 3.18. The molecule has 3 N–H and O–H groups in total. The van der Waals surface area contributed by atoms with Crippen molar-refractivity contribution in [3.05, 3.63) is 52.6 Å². The van der Waals surface area contributed by atoms with Crippen molar-refractivity contribution < 1.29 is 8.78 Å². The first-order chi connectivity index (χ1) is 8.47. The minimum Gasteiger partial charge on any atom is -0.397 e. The molecular formula is C13H11ClF2N2. The Labute approximate surface area is 108 Å². The zero-order valence-electron chi connectivity index (χ0n) is 9.60. The third kappa shape index (κ3) is 2.54. The highest BCUT2D eigenvalue weighted by molar-refractivity contribution is 6.31. The Kier molecular flexibility index (Phi) is 3.39. The van der Waals surface area contributed by atoms with Crippen LogP contribution in [0.1, 0.15) is 5.56 Å². The van der Waals surface area contributed by atoms with Crippen LogP contribution in [0.3, 0.4) is 0 Å². The maximum Gasteiger partial charge on any atom is 0.147 e. The zero-order valence-corrected chi connectivity index (χ0v) is 10.4. The van der Waals surface area contributed by atoms with Crippen LogP contribution in [0.4, 0.5) is 25.8 Å². The van der Waals surface area contributed by atoms with Gasteiger partial charge in [-0.1, -0.05) is 11.6 Å². The minimum atomic E-state index is -0.548. The van der Waals surface area contributed by atoms with Crippen molar-refractivity contribution in [1.82, 2.24) is 0 Å². The summed E-state index contributed by atoms with van der Waals surface area (Å²) in [5.74, 6) is -1.03. The van der Waals surface area contributed by atoms with E-state index in [9.17, 15) is 8.78 Å². The van der Waals surface area contributed by atoms with E-state index in [0.29, 0.717) is 16.4 Å². The monoisotopic (exact) mass is 268 g/mol. The van der Waals surface area contributed by atoms with Crippen molar-refractivity contribution >= 4 is 28.7 Å². The average molecular weight is 269 g/mol. The number of hydrogen-bond donors (Lipinski definition) is 2. The Bertz CT molecular complexity index is 600. The van der Waals surface area contributed by atoms with Gasteiger partial charge in [-0.15, -0.1) is 0 Å². The van der Waals surface area contributed by atoms with Gasteiger partial charge >= 0.3 is 0 Å². The van der Waals surface area contributed by atoms with E-state index < -0.39 is 11.6 Å². The van der Waals surface area contributed by atoms with Gasteiger partial charge in [0.1, 0.15) is 11.6 Å². The fourth-order valence-corrected chi connectivity index (χ4v) is 1.70. The predicted molar refractivity (Wildman–Crippen MR) is 70.2 cm³/mol. The number of halogens is 3. The fourth-order valence-electron chi connectivity index (χ4n) is 1.52. The Morgan fingerprint density at radius 2 is 1.78 bits per heavy atom. The maximum absolute atomic E-state index is 13.6. The molecule has 0 fully saturated rings. The Hall–Kier alpha value is -1.81. The van der Waals surface area contributed by atoms with Crippen molar-refractivity contribution in [2.75, 3.05) is 11.1 Å². The lowest BCUT2D eigenvalue weighted by atomic mass is 10.2. The van der Waals surface area contributed by atoms with Gasteiger partial charge in [0.05, 0.1) is 17.1 Å². The molecule has 0 aliphatic carbocycles. The molecule has 2 aromatic rings. The van der Waals surface area contributed by atoms with Gasteiger partial charge in [0.2, 0.25) is 0 Å². The lowest BCUT2D eigenvalue weighted by Gasteiger charge is -2.11. The average Bonchev–Trinajstić information content (AvgIpc) is 2.30. The van der Waals surface area contributed by atoms with Crippen molar-refractivity contribution in [3.8, 4) is 0 Å². The molecule has 0 heterocycles. The first-order valence-corrected chi connectivity index (χ1v) is 5.63. The van der Waals surface area contributed by atoms with E-state index >= 15 is 0 Å². The van der Waals surface area contributed by atoms with Crippen molar-refractivity contribution in [2.45, 2.75) is 6.92 Å². The lowest BCUT2D eigenvalue weighted by molar-refractivity contribution is 0.595. The molecule has 0 spiro atoms. The van der Waals surface area contributed by atoms with Gasteiger partial charge in [-0.25, -0.2) is 8.78 Å². The summed E-state index contributed by atoms with van der Waals surface area (Å²) < 4.78 is 27.0. The van der Waals surface area contributed by atoms with Crippen molar-refractivity contribution in [3.63, 3.8) is 0 Å². The molecule has 0 aliphatic rings. The fraction of sp³-hybridized carbons (Fsp3) is 0.0769. The van der Waals surface area contributed by atoms with Crippen LogP contribution < -0.4 is 11.1 Å². The zero-order chi connectivity index (χ0) is 13.3.